The van der Waals surface area contributed by atoms with Crippen LogP contribution in [0.2, 0.25) is 0 Å². The summed E-state index contributed by atoms with van der Waals surface area (Å²) in [5.41, 5.74) is 1.36. The summed E-state index contributed by atoms with van der Waals surface area (Å²) >= 11 is 4.34. The molecule has 0 saturated heterocycles. The SMILES string of the molecule is Cc1nc(CC(=O)NCc2cccc(Br)c2)sc1C(=O)[O-]. The lowest BCUT2D eigenvalue weighted by molar-refractivity contribution is -0.254. The Morgan fingerprint density at radius 3 is 2.81 bits per heavy atom. The lowest BCUT2D eigenvalue weighted by Crippen LogP contribution is -2.24. The Hall–Kier alpha value is -1.73. The molecule has 21 heavy (non-hydrogen) atoms. The predicted octanol–water partition coefficient (Wildman–Crippen LogP) is 1.44. The molecule has 110 valence electrons. The molecule has 1 heterocycles. The van der Waals surface area contributed by atoms with E-state index in [1.54, 1.807) is 6.92 Å². The van der Waals surface area contributed by atoms with Gasteiger partial charge in [-0.3, -0.25) is 4.79 Å². The Bertz CT molecular complexity index is 685. The number of nitrogens with one attached hydrogen (secondary N) is 1. The molecule has 2 rings (SSSR count). The zero-order valence-electron chi connectivity index (χ0n) is 11.2. The highest BCUT2D eigenvalue weighted by molar-refractivity contribution is 9.10. The molecule has 1 amide bonds. The van der Waals surface area contributed by atoms with Crippen molar-refractivity contribution in [3.05, 3.63) is 49.9 Å². The first-order valence-electron chi connectivity index (χ1n) is 6.14. The molecule has 0 unspecified atom stereocenters. The molecule has 0 saturated carbocycles. The van der Waals surface area contributed by atoms with Crippen molar-refractivity contribution in [2.24, 2.45) is 0 Å². The highest BCUT2D eigenvalue weighted by atomic mass is 79.9. The van der Waals surface area contributed by atoms with E-state index in [9.17, 15) is 14.7 Å². The Balaban J connectivity index is 1.93. The second kappa shape index (κ2) is 6.82. The zero-order chi connectivity index (χ0) is 15.4. The Kier molecular flexibility index (Phi) is 5.08. The van der Waals surface area contributed by atoms with E-state index in [0.29, 0.717) is 17.2 Å². The zero-order valence-corrected chi connectivity index (χ0v) is 13.6. The third-order valence-corrected chi connectivity index (χ3v) is 4.35. The van der Waals surface area contributed by atoms with E-state index in [2.05, 4.69) is 26.2 Å². The van der Waals surface area contributed by atoms with E-state index >= 15 is 0 Å². The molecule has 7 heteroatoms. The molecule has 0 aliphatic rings. The van der Waals surface area contributed by atoms with Crippen molar-refractivity contribution >= 4 is 39.1 Å². The summed E-state index contributed by atoms with van der Waals surface area (Å²) in [5.74, 6) is -1.46. The molecule has 0 atom stereocenters. The minimum absolute atomic E-state index is 0.0623. The first kappa shape index (κ1) is 15.7. The van der Waals surface area contributed by atoms with Crippen LogP contribution in [-0.2, 0) is 17.8 Å². The van der Waals surface area contributed by atoms with E-state index < -0.39 is 5.97 Å². The number of benzene rings is 1. The fourth-order valence-corrected chi connectivity index (χ4v) is 3.11. The monoisotopic (exact) mass is 367 g/mol. The fraction of sp³-hybridized carbons (Fsp3) is 0.214. The lowest BCUT2D eigenvalue weighted by atomic mass is 10.2. The molecule has 0 aliphatic heterocycles. The summed E-state index contributed by atoms with van der Waals surface area (Å²) < 4.78 is 0.948. The molecule has 0 fully saturated rings. The number of carboxylic acid groups (broad SMARTS) is 1. The van der Waals surface area contributed by atoms with Gasteiger partial charge in [0.15, 0.2) is 0 Å². The summed E-state index contributed by atoms with van der Waals surface area (Å²) in [6, 6.07) is 7.63. The van der Waals surface area contributed by atoms with E-state index in [1.807, 2.05) is 24.3 Å². The fourth-order valence-electron chi connectivity index (χ4n) is 1.76. The molecule has 1 aromatic heterocycles. The number of rotatable bonds is 5. The third-order valence-electron chi connectivity index (χ3n) is 2.72. The van der Waals surface area contributed by atoms with Crippen LogP contribution in [-0.4, -0.2) is 16.9 Å². The van der Waals surface area contributed by atoms with Crippen LogP contribution in [0, 0.1) is 6.92 Å². The van der Waals surface area contributed by atoms with E-state index in [-0.39, 0.29) is 17.2 Å². The number of nitrogens with zero attached hydrogens (tertiary/aromatic N) is 1. The second-order valence-electron chi connectivity index (χ2n) is 4.39. The molecule has 1 aromatic carbocycles. The van der Waals surface area contributed by atoms with Gasteiger partial charge in [-0.1, -0.05) is 28.1 Å². The standard InChI is InChI=1S/C14H13BrN2O3S/c1-8-13(14(19)20)21-12(17-8)6-11(18)16-7-9-3-2-4-10(15)5-9/h2-5H,6-7H2,1H3,(H,16,18)(H,19,20)/p-1. The molecule has 0 radical (unpaired) electrons. The van der Waals surface area contributed by atoms with Crippen molar-refractivity contribution in [3.8, 4) is 0 Å². The van der Waals surface area contributed by atoms with Gasteiger partial charge in [-0.2, -0.15) is 0 Å². The van der Waals surface area contributed by atoms with Gasteiger partial charge < -0.3 is 15.2 Å². The minimum atomic E-state index is -1.26. The van der Waals surface area contributed by atoms with Gasteiger partial charge in [-0.05, 0) is 24.6 Å². The number of aromatic carboxylic acids is 1. The van der Waals surface area contributed by atoms with Gasteiger partial charge in [0.25, 0.3) is 0 Å². The molecule has 0 spiro atoms. The number of aryl methyl sites for hydroxylation is 1. The quantitative estimate of drug-likeness (QED) is 0.866. The summed E-state index contributed by atoms with van der Waals surface area (Å²) in [6.45, 7) is 2.00. The van der Waals surface area contributed by atoms with Crippen molar-refractivity contribution in [3.63, 3.8) is 0 Å². The summed E-state index contributed by atoms with van der Waals surface area (Å²) in [5, 5.41) is 14.1. The molecule has 1 N–H and O–H groups in total. The van der Waals surface area contributed by atoms with Gasteiger partial charge in [-0.25, -0.2) is 4.98 Å². The Labute approximate surface area is 134 Å². The van der Waals surface area contributed by atoms with Crippen molar-refractivity contribution in [2.75, 3.05) is 0 Å². The normalized spacial score (nSPS) is 10.4. The van der Waals surface area contributed by atoms with Gasteiger partial charge in [0.1, 0.15) is 5.01 Å². The van der Waals surface area contributed by atoms with Crippen LogP contribution in [0.3, 0.4) is 0 Å². The molecular weight excluding hydrogens is 356 g/mol. The molecular formula is C14H12BrN2O3S-. The highest BCUT2D eigenvalue weighted by Crippen LogP contribution is 2.17. The van der Waals surface area contributed by atoms with Crippen LogP contribution >= 0.6 is 27.3 Å². The van der Waals surface area contributed by atoms with Crippen LogP contribution in [0.4, 0.5) is 0 Å². The van der Waals surface area contributed by atoms with Gasteiger partial charge in [-0.15, -0.1) is 11.3 Å². The molecule has 0 bridgehead atoms. The van der Waals surface area contributed by atoms with Gasteiger partial charge in [0, 0.05) is 11.0 Å². The molecule has 2 aromatic rings. The molecule has 5 nitrogen and oxygen atoms in total. The number of halogens is 1. The number of amides is 1. The first-order valence-corrected chi connectivity index (χ1v) is 7.75. The van der Waals surface area contributed by atoms with Crippen LogP contribution in [0.15, 0.2) is 28.7 Å². The van der Waals surface area contributed by atoms with Crippen LogP contribution in [0.1, 0.15) is 25.9 Å². The van der Waals surface area contributed by atoms with Gasteiger partial charge in [0.2, 0.25) is 5.91 Å². The average molecular weight is 368 g/mol. The summed E-state index contributed by atoms with van der Waals surface area (Å²) in [4.78, 5) is 26.8. The largest absolute Gasteiger partial charge is 0.544 e. The molecule has 0 aliphatic carbocycles. The van der Waals surface area contributed by atoms with Crippen LogP contribution < -0.4 is 10.4 Å². The van der Waals surface area contributed by atoms with E-state index in [0.717, 1.165) is 21.4 Å². The van der Waals surface area contributed by atoms with Crippen LogP contribution in [0.25, 0.3) is 0 Å². The maximum Gasteiger partial charge on any atom is 0.227 e. The van der Waals surface area contributed by atoms with Crippen molar-refractivity contribution in [2.45, 2.75) is 19.9 Å². The summed E-state index contributed by atoms with van der Waals surface area (Å²) in [7, 11) is 0. The maximum absolute atomic E-state index is 11.8. The van der Waals surface area contributed by atoms with Crippen molar-refractivity contribution in [1.82, 2.24) is 10.3 Å². The second-order valence-corrected chi connectivity index (χ2v) is 6.39. The van der Waals surface area contributed by atoms with Gasteiger partial charge in [0.05, 0.1) is 23.0 Å². The average Bonchev–Trinajstić information content (AvgIpc) is 2.77. The minimum Gasteiger partial charge on any atom is -0.544 e. The first-order chi connectivity index (χ1) is 9.95. The maximum atomic E-state index is 11.8. The van der Waals surface area contributed by atoms with E-state index in [1.165, 1.54) is 0 Å². The topological polar surface area (TPSA) is 82.1 Å². The number of aromatic nitrogens is 1. The number of carboxylic acids is 1. The van der Waals surface area contributed by atoms with Crippen LogP contribution in [0.5, 0.6) is 0 Å². The number of carbonyl (C=O) groups excluding carboxylic acids is 2. The summed E-state index contributed by atoms with van der Waals surface area (Å²) in [6.07, 6.45) is 0.0623. The third kappa shape index (κ3) is 4.37. The van der Waals surface area contributed by atoms with Crippen molar-refractivity contribution < 1.29 is 14.7 Å². The lowest BCUT2D eigenvalue weighted by Gasteiger charge is -2.04. The highest BCUT2D eigenvalue weighted by Gasteiger charge is 2.11. The smallest absolute Gasteiger partial charge is 0.227 e. The number of thiazole rings is 1. The van der Waals surface area contributed by atoms with Crippen molar-refractivity contribution in [1.29, 1.82) is 0 Å². The predicted molar refractivity (Wildman–Crippen MR) is 80.9 cm³/mol. The number of hydrogen-bond acceptors (Lipinski definition) is 5. The number of hydrogen-bond donors (Lipinski definition) is 1. The van der Waals surface area contributed by atoms with E-state index in [4.69, 9.17) is 0 Å². The number of carbonyl (C=O) groups is 2. The Morgan fingerprint density at radius 1 is 1.43 bits per heavy atom. The Morgan fingerprint density at radius 2 is 2.19 bits per heavy atom. The van der Waals surface area contributed by atoms with Gasteiger partial charge >= 0.3 is 0 Å².